The van der Waals surface area contributed by atoms with Gasteiger partial charge in [-0.05, 0) is 6.42 Å². The molecule has 0 saturated heterocycles. The zero-order valence-corrected chi connectivity index (χ0v) is 11.0. The van der Waals surface area contributed by atoms with Gasteiger partial charge >= 0.3 is 0 Å². The number of nitrogens with zero attached hydrogens (tertiary/aromatic N) is 4. The molecular weight excluding hydrogens is 230 g/mol. The molecule has 18 heavy (non-hydrogen) atoms. The van der Waals surface area contributed by atoms with Crippen molar-refractivity contribution in [1.29, 1.82) is 0 Å². The van der Waals surface area contributed by atoms with Crippen LogP contribution in [0.2, 0.25) is 0 Å². The number of hydrogen-bond donors (Lipinski definition) is 1. The Morgan fingerprint density at radius 1 is 1.44 bits per heavy atom. The van der Waals surface area contributed by atoms with Crippen LogP contribution in [0.5, 0.6) is 5.75 Å². The SMILES string of the molecule is CCCn1ncc(OC)c1C(N)c1cncn1C. The quantitative estimate of drug-likeness (QED) is 0.861. The van der Waals surface area contributed by atoms with Crippen molar-refractivity contribution in [3.05, 3.63) is 30.1 Å². The molecule has 0 radical (unpaired) electrons. The maximum Gasteiger partial charge on any atom is 0.161 e. The minimum absolute atomic E-state index is 0.290. The minimum atomic E-state index is -0.290. The maximum atomic E-state index is 6.31. The molecule has 6 nitrogen and oxygen atoms in total. The van der Waals surface area contributed by atoms with Crippen molar-refractivity contribution in [2.75, 3.05) is 7.11 Å². The Morgan fingerprint density at radius 2 is 2.22 bits per heavy atom. The van der Waals surface area contributed by atoms with Crippen molar-refractivity contribution in [3.8, 4) is 5.75 Å². The molecule has 0 aromatic carbocycles. The van der Waals surface area contributed by atoms with E-state index in [-0.39, 0.29) is 6.04 Å². The van der Waals surface area contributed by atoms with Gasteiger partial charge in [0.05, 0.1) is 37.6 Å². The summed E-state index contributed by atoms with van der Waals surface area (Å²) in [6.07, 6.45) is 6.22. The number of nitrogens with two attached hydrogens (primary N) is 1. The number of imidazole rings is 1. The van der Waals surface area contributed by atoms with E-state index < -0.39 is 0 Å². The second-order valence-electron chi connectivity index (χ2n) is 4.23. The normalized spacial score (nSPS) is 12.7. The average molecular weight is 249 g/mol. The van der Waals surface area contributed by atoms with Crippen LogP contribution < -0.4 is 10.5 Å². The van der Waals surface area contributed by atoms with Gasteiger partial charge in [-0.3, -0.25) is 4.68 Å². The Kier molecular flexibility index (Phi) is 3.66. The van der Waals surface area contributed by atoms with Gasteiger partial charge in [-0.1, -0.05) is 6.92 Å². The van der Waals surface area contributed by atoms with Crippen LogP contribution in [0.1, 0.15) is 30.8 Å². The molecule has 0 bridgehead atoms. The van der Waals surface area contributed by atoms with Crippen LogP contribution in [0.25, 0.3) is 0 Å². The van der Waals surface area contributed by atoms with E-state index in [0.717, 1.165) is 30.1 Å². The lowest BCUT2D eigenvalue weighted by molar-refractivity contribution is 0.403. The van der Waals surface area contributed by atoms with E-state index in [9.17, 15) is 0 Å². The van der Waals surface area contributed by atoms with Crippen molar-refractivity contribution < 1.29 is 4.74 Å². The van der Waals surface area contributed by atoms with Crippen molar-refractivity contribution in [2.24, 2.45) is 12.8 Å². The highest BCUT2D eigenvalue weighted by molar-refractivity contribution is 5.33. The molecule has 0 saturated carbocycles. The predicted octanol–water partition coefficient (Wildman–Crippen LogP) is 1.08. The Balaban J connectivity index is 2.42. The number of aryl methyl sites for hydroxylation is 2. The Bertz CT molecular complexity index is 516. The third-order valence-electron chi connectivity index (χ3n) is 2.97. The molecule has 2 N–H and O–H groups in total. The highest BCUT2D eigenvalue weighted by Crippen LogP contribution is 2.27. The van der Waals surface area contributed by atoms with Gasteiger partial charge in [0, 0.05) is 13.6 Å². The predicted molar refractivity (Wildman–Crippen MR) is 68.3 cm³/mol. The summed E-state index contributed by atoms with van der Waals surface area (Å²) < 4.78 is 9.15. The molecular formula is C12H19N5O. The molecule has 2 rings (SSSR count). The first-order chi connectivity index (χ1) is 8.69. The molecule has 0 aliphatic carbocycles. The van der Waals surface area contributed by atoms with E-state index in [1.165, 1.54) is 0 Å². The molecule has 98 valence electrons. The van der Waals surface area contributed by atoms with Gasteiger partial charge in [0.15, 0.2) is 5.75 Å². The summed E-state index contributed by atoms with van der Waals surface area (Å²) in [4.78, 5) is 4.10. The van der Waals surface area contributed by atoms with Gasteiger partial charge in [-0.25, -0.2) is 4.98 Å². The molecule has 2 heterocycles. The van der Waals surface area contributed by atoms with Crippen molar-refractivity contribution >= 4 is 0 Å². The van der Waals surface area contributed by atoms with E-state index in [1.54, 1.807) is 25.8 Å². The van der Waals surface area contributed by atoms with Crippen LogP contribution in [0.15, 0.2) is 18.7 Å². The number of hydrogen-bond acceptors (Lipinski definition) is 4. The summed E-state index contributed by atoms with van der Waals surface area (Å²) >= 11 is 0. The van der Waals surface area contributed by atoms with Crippen molar-refractivity contribution in [1.82, 2.24) is 19.3 Å². The Labute approximate surface area is 106 Å². The van der Waals surface area contributed by atoms with Gasteiger partial charge in [0.1, 0.15) is 5.69 Å². The Hall–Kier alpha value is -1.82. The lowest BCUT2D eigenvalue weighted by Crippen LogP contribution is -2.20. The van der Waals surface area contributed by atoms with Crippen LogP contribution in [0, 0.1) is 0 Å². The number of rotatable bonds is 5. The average Bonchev–Trinajstić information content (AvgIpc) is 2.95. The molecule has 0 fully saturated rings. The fraction of sp³-hybridized carbons (Fsp3) is 0.500. The first-order valence-electron chi connectivity index (χ1n) is 6.00. The topological polar surface area (TPSA) is 70.9 Å². The number of methoxy groups -OCH3 is 1. The molecule has 2 aromatic rings. The molecule has 0 aliphatic rings. The highest BCUT2D eigenvalue weighted by Gasteiger charge is 2.22. The van der Waals surface area contributed by atoms with E-state index in [0.29, 0.717) is 0 Å². The van der Waals surface area contributed by atoms with E-state index in [1.807, 2.05) is 16.3 Å². The van der Waals surface area contributed by atoms with Gasteiger partial charge in [0.2, 0.25) is 0 Å². The molecule has 6 heteroatoms. The van der Waals surface area contributed by atoms with E-state index >= 15 is 0 Å². The lowest BCUT2D eigenvalue weighted by atomic mass is 10.1. The highest BCUT2D eigenvalue weighted by atomic mass is 16.5. The largest absolute Gasteiger partial charge is 0.493 e. The van der Waals surface area contributed by atoms with Crippen LogP contribution >= 0.6 is 0 Å². The zero-order valence-electron chi connectivity index (χ0n) is 11.0. The Morgan fingerprint density at radius 3 is 2.78 bits per heavy atom. The van der Waals surface area contributed by atoms with Crippen LogP contribution in [0.4, 0.5) is 0 Å². The van der Waals surface area contributed by atoms with Gasteiger partial charge < -0.3 is 15.0 Å². The first-order valence-corrected chi connectivity index (χ1v) is 6.00. The third-order valence-corrected chi connectivity index (χ3v) is 2.97. The summed E-state index contributed by atoms with van der Waals surface area (Å²) in [6, 6.07) is -0.290. The minimum Gasteiger partial charge on any atom is -0.493 e. The summed E-state index contributed by atoms with van der Waals surface area (Å²) in [5, 5.41) is 4.32. The fourth-order valence-electron chi connectivity index (χ4n) is 2.05. The summed E-state index contributed by atoms with van der Waals surface area (Å²) in [7, 11) is 3.56. The molecule has 2 aromatic heterocycles. The summed E-state index contributed by atoms with van der Waals surface area (Å²) in [5.74, 6) is 0.720. The molecule has 0 amide bonds. The second kappa shape index (κ2) is 5.22. The zero-order chi connectivity index (χ0) is 13.1. The van der Waals surface area contributed by atoms with Gasteiger partial charge in [-0.15, -0.1) is 0 Å². The summed E-state index contributed by atoms with van der Waals surface area (Å²) in [6.45, 7) is 2.93. The van der Waals surface area contributed by atoms with Crippen LogP contribution in [-0.2, 0) is 13.6 Å². The molecule has 0 spiro atoms. The number of ether oxygens (including phenoxy) is 1. The molecule has 0 aliphatic heterocycles. The monoisotopic (exact) mass is 249 g/mol. The molecule has 1 atom stereocenters. The van der Waals surface area contributed by atoms with Crippen LogP contribution in [0.3, 0.4) is 0 Å². The second-order valence-corrected chi connectivity index (χ2v) is 4.23. The lowest BCUT2D eigenvalue weighted by Gasteiger charge is -2.16. The van der Waals surface area contributed by atoms with Crippen LogP contribution in [-0.4, -0.2) is 26.4 Å². The maximum absolute atomic E-state index is 6.31. The van der Waals surface area contributed by atoms with Gasteiger partial charge in [0.25, 0.3) is 0 Å². The van der Waals surface area contributed by atoms with Crippen molar-refractivity contribution in [3.63, 3.8) is 0 Å². The number of aromatic nitrogens is 4. The standard InChI is InChI=1S/C12H19N5O/c1-4-5-17-12(10(18-3)7-15-17)11(13)9-6-14-8-16(9)2/h6-8,11H,4-5,13H2,1-3H3. The fourth-order valence-corrected chi connectivity index (χ4v) is 2.05. The van der Waals surface area contributed by atoms with Gasteiger partial charge in [-0.2, -0.15) is 5.10 Å². The van der Waals surface area contributed by atoms with Crippen molar-refractivity contribution in [2.45, 2.75) is 25.9 Å². The first kappa shape index (κ1) is 12.6. The summed E-state index contributed by atoms with van der Waals surface area (Å²) in [5.41, 5.74) is 8.14. The smallest absolute Gasteiger partial charge is 0.161 e. The molecule has 1 unspecified atom stereocenters. The third kappa shape index (κ3) is 2.11. The van der Waals surface area contributed by atoms with E-state index in [4.69, 9.17) is 10.5 Å². The van der Waals surface area contributed by atoms with E-state index in [2.05, 4.69) is 17.0 Å².